The lowest BCUT2D eigenvalue weighted by molar-refractivity contribution is -0.120. The molecule has 0 heterocycles. The second-order valence-corrected chi connectivity index (χ2v) is 6.42. The molecule has 2 amide bonds. The van der Waals surface area contributed by atoms with Crippen LogP contribution in [0.1, 0.15) is 12.5 Å². The summed E-state index contributed by atoms with van der Waals surface area (Å²) in [7, 11) is 0. The van der Waals surface area contributed by atoms with E-state index in [2.05, 4.69) is 21.2 Å². The molecule has 0 aliphatic heterocycles. The van der Waals surface area contributed by atoms with E-state index in [4.69, 9.17) is 11.6 Å². The van der Waals surface area contributed by atoms with E-state index in [0.717, 1.165) is 10.0 Å². The van der Waals surface area contributed by atoms with Gasteiger partial charge in [-0.1, -0.05) is 39.7 Å². The van der Waals surface area contributed by atoms with Gasteiger partial charge < -0.3 is 10.2 Å². The van der Waals surface area contributed by atoms with Crippen molar-refractivity contribution >= 4 is 50.7 Å². The van der Waals surface area contributed by atoms with Crippen LogP contribution in [0.15, 0.2) is 46.9 Å². The number of halogens is 2. The van der Waals surface area contributed by atoms with Crippen molar-refractivity contribution in [2.24, 2.45) is 0 Å². The van der Waals surface area contributed by atoms with Crippen LogP contribution in [0.25, 0.3) is 0 Å². The molecule has 4 nitrogen and oxygen atoms in total. The quantitative estimate of drug-likeness (QED) is 0.834. The highest BCUT2D eigenvalue weighted by atomic mass is 79.9. The molecule has 0 bridgehead atoms. The average molecular weight is 396 g/mol. The Bertz CT molecular complexity index is 749. The summed E-state index contributed by atoms with van der Waals surface area (Å²) in [5.74, 6) is -0.510. The fourth-order valence-corrected chi connectivity index (χ4v) is 2.62. The predicted octanol–water partition coefficient (Wildman–Crippen LogP) is 4.40. The molecule has 0 saturated carbocycles. The molecule has 1 N–H and O–H groups in total. The third-order valence-electron chi connectivity index (χ3n) is 3.26. The fourth-order valence-electron chi connectivity index (χ4n) is 2.04. The highest BCUT2D eigenvalue weighted by molar-refractivity contribution is 9.10. The molecule has 0 fully saturated rings. The van der Waals surface area contributed by atoms with Crippen molar-refractivity contribution in [3.8, 4) is 0 Å². The third kappa shape index (κ3) is 4.81. The number of carbonyl (C=O) groups is 2. The van der Waals surface area contributed by atoms with Crippen molar-refractivity contribution in [1.82, 2.24) is 0 Å². The molecule has 0 aromatic heterocycles. The summed E-state index contributed by atoms with van der Waals surface area (Å²) >= 11 is 9.45. The summed E-state index contributed by atoms with van der Waals surface area (Å²) in [4.78, 5) is 25.5. The first-order valence-corrected chi connectivity index (χ1v) is 8.13. The Kier molecular flexibility index (Phi) is 5.80. The van der Waals surface area contributed by atoms with E-state index in [1.165, 1.54) is 11.8 Å². The normalized spacial score (nSPS) is 10.3. The molecule has 0 aliphatic rings. The van der Waals surface area contributed by atoms with E-state index in [1.54, 1.807) is 24.3 Å². The molecule has 0 aliphatic carbocycles. The van der Waals surface area contributed by atoms with E-state index in [-0.39, 0.29) is 18.4 Å². The zero-order valence-electron chi connectivity index (χ0n) is 12.8. The zero-order valence-corrected chi connectivity index (χ0v) is 15.1. The van der Waals surface area contributed by atoms with Crippen LogP contribution in [-0.2, 0) is 9.59 Å². The first-order chi connectivity index (χ1) is 10.9. The van der Waals surface area contributed by atoms with Gasteiger partial charge in [0.2, 0.25) is 11.8 Å². The van der Waals surface area contributed by atoms with Crippen LogP contribution in [0.5, 0.6) is 0 Å². The summed E-state index contributed by atoms with van der Waals surface area (Å²) in [6.45, 7) is 3.21. The van der Waals surface area contributed by atoms with E-state index in [1.807, 2.05) is 25.1 Å². The van der Waals surface area contributed by atoms with Gasteiger partial charge in [0, 0.05) is 27.8 Å². The van der Waals surface area contributed by atoms with Crippen LogP contribution in [0.2, 0.25) is 5.02 Å². The Morgan fingerprint density at radius 1 is 1.22 bits per heavy atom. The molecule has 6 heteroatoms. The number of aryl methyl sites for hydroxylation is 1. The number of nitrogens with one attached hydrogen (secondary N) is 1. The van der Waals surface area contributed by atoms with Gasteiger partial charge in [0.1, 0.15) is 6.54 Å². The Hall–Kier alpha value is -1.85. The molecule has 2 rings (SSSR count). The van der Waals surface area contributed by atoms with Crippen LogP contribution in [0.4, 0.5) is 11.4 Å². The Morgan fingerprint density at radius 3 is 2.57 bits per heavy atom. The first kappa shape index (κ1) is 17.5. The van der Waals surface area contributed by atoms with Crippen LogP contribution < -0.4 is 10.2 Å². The minimum Gasteiger partial charge on any atom is -0.324 e. The molecule has 0 radical (unpaired) electrons. The standard InChI is InChI=1S/C17H16BrClN2O2/c1-11-6-7-15(9-16(11)19)21(12(2)22)10-17(23)20-14-5-3-4-13(18)8-14/h3-9H,10H2,1-2H3,(H,20,23). The summed E-state index contributed by atoms with van der Waals surface area (Å²) < 4.78 is 0.865. The molecular formula is C17H16BrClN2O2. The van der Waals surface area contributed by atoms with E-state index in [9.17, 15) is 9.59 Å². The maximum Gasteiger partial charge on any atom is 0.244 e. The SMILES string of the molecule is CC(=O)N(CC(=O)Nc1cccc(Br)c1)c1ccc(C)c(Cl)c1. The van der Waals surface area contributed by atoms with E-state index >= 15 is 0 Å². The molecule has 23 heavy (non-hydrogen) atoms. The lowest BCUT2D eigenvalue weighted by atomic mass is 10.2. The van der Waals surface area contributed by atoms with Crippen molar-refractivity contribution in [3.05, 3.63) is 57.5 Å². The van der Waals surface area contributed by atoms with E-state index < -0.39 is 0 Å². The van der Waals surface area contributed by atoms with Gasteiger partial charge in [-0.25, -0.2) is 0 Å². The highest BCUT2D eigenvalue weighted by Crippen LogP contribution is 2.23. The maximum atomic E-state index is 12.2. The molecular weight excluding hydrogens is 380 g/mol. The van der Waals surface area contributed by atoms with Crippen LogP contribution in [0.3, 0.4) is 0 Å². The third-order valence-corrected chi connectivity index (χ3v) is 4.16. The Labute approximate surface area is 148 Å². The van der Waals surface area contributed by atoms with Crippen molar-refractivity contribution < 1.29 is 9.59 Å². The van der Waals surface area contributed by atoms with Gasteiger partial charge in [-0.3, -0.25) is 9.59 Å². The van der Waals surface area contributed by atoms with Crippen molar-refractivity contribution in [2.75, 3.05) is 16.8 Å². The first-order valence-electron chi connectivity index (χ1n) is 6.96. The largest absolute Gasteiger partial charge is 0.324 e. The van der Waals surface area contributed by atoms with Gasteiger partial charge in [0.15, 0.2) is 0 Å². The lowest BCUT2D eigenvalue weighted by Crippen LogP contribution is -2.36. The van der Waals surface area contributed by atoms with Crippen LogP contribution >= 0.6 is 27.5 Å². The number of nitrogens with zero attached hydrogens (tertiary/aromatic N) is 1. The number of rotatable bonds is 4. The number of anilines is 2. The van der Waals surface area contributed by atoms with Gasteiger partial charge in [-0.2, -0.15) is 0 Å². The highest BCUT2D eigenvalue weighted by Gasteiger charge is 2.16. The number of hydrogen-bond donors (Lipinski definition) is 1. The Balaban J connectivity index is 2.14. The maximum absolute atomic E-state index is 12.2. The minimum atomic E-state index is -0.282. The van der Waals surface area contributed by atoms with Gasteiger partial charge in [-0.05, 0) is 42.8 Å². The second kappa shape index (κ2) is 7.62. The fraction of sp³-hybridized carbons (Fsp3) is 0.176. The predicted molar refractivity (Wildman–Crippen MR) is 97.0 cm³/mol. The number of amides is 2. The van der Waals surface area contributed by atoms with Gasteiger partial charge >= 0.3 is 0 Å². The lowest BCUT2D eigenvalue weighted by Gasteiger charge is -2.21. The smallest absolute Gasteiger partial charge is 0.244 e. The minimum absolute atomic E-state index is 0.0821. The van der Waals surface area contributed by atoms with Crippen molar-refractivity contribution in [2.45, 2.75) is 13.8 Å². The summed E-state index contributed by atoms with van der Waals surface area (Å²) in [5.41, 5.74) is 2.17. The van der Waals surface area contributed by atoms with Crippen molar-refractivity contribution in [3.63, 3.8) is 0 Å². The molecule has 0 saturated heterocycles. The van der Waals surface area contributed by atoms with Crippen molar-refractivity contribution in [1.29, 1.82) is 0 Å². The van der Waals surface area contributed by atoms with E-state index in [0.29, 0.717) is 16.4 Å². The number of benzene rings is 2. The van der Waals surface area contributed by atoms with Gasteiger partial charge in [-0.15, -0.1) is 0 Å². The number of hydrogen-bond acceptors (Lipinski definition) is 2. The summed E-state index contributed by atoms with van der Waals surface area (Å²) in [6.07, 6.45) is 0. The van der Waals surface area contributed by atoms with Gasteiger partial charge in [0.25, 0.3) is 0 Å². The number of carbonyl (C=O) groups excluding carboxylic acids is 2. The summed E-state index contributed by atoms with van der Waals surface area (Å²) in [6, 6.07) is 12.5. The van der Waals surface area contributed by atoms with Crippen LogP contribution in [-0.4, -0.2) is 18.4 Å². The zero-order chi connectivity index (χ0) is 17.0. The molecule has 2 aromatic rings. The molecule has 0 spiro atoms. The van der Waals surface area contributed by atoms with Crippen LogP contribution in [0, 0.1) is 6.92 Å². The molecule has 120 valence electrons. The summed E-state index contributed by atoms with van der Waals surface area (Å²) in [5, 5.41) is 3.32. The second-order valence-electron chi connectivity index (χ2n) is 5.10. The Morgan fingerprint density at radius 2 is 1.96 bits per heavy atom. The average Bonchev–Trinajstić information content (AvgIpc) is 2.47. The monoisotopic (exact) mass is 394 g/mol. The molecule has 0 unspecified atom stereocenters. The topological polar surface area (TPSA) is 49.4 Å². The van der Waals surface area contributed by atoms with Gasteiger partial charge in [0.05, 0.1) is 0 Å². The molecule has 2 aromatic carbocycles. The molecule has 0 atom stereocenters.